The van der Waals surface area contributed by atoms with Gasteiger partial charge in [-0.15, -0.1) is 0 Å². The molecule has 4 atom stereocenters. The lowest BCUT2D eigenvalue weighted by molar-refractivity contribution is -0.758. The average molecular weight is 310 g/mol. The van der Waals surface area contributed by atoms with Gasteiger partial charge in [-0.2, -0.15) is 0 Å². The second-order valence-corrected chi connectivity index (χ2v) is 7.48. The molecule has 1 aliphatic rings. The van der Waals surface area contributed by atoms with Gasteiger partial charge < -0.3 is 10.4 Å². The summed E-state index contributed by atoms with van der Waals surface area (Å²) in [4.78, 5) is 0. The molecule has 2 aromatic rings. The van der Waals surface area contributed by atoms with Crippen molar-refractivity contribution in [3.05, 3.63) is 71.8 Å². The summed E-state index contributed by atoms with van der Waals surface area (Å²) in [6.07, 6.45) is 0.795. The van der Waals surface area contributed by atoms with E-state index < -0.39 is 5.60 Å². The maximum Gasteiger partial charge on any atom is 0.118 e. The van der Waals surface area contributed by atoms with Crippen molar-refractivity contribution in [3.63, 3.8) is 0 Å². The van der Waals surface area contributed by atoms with Crippen molar-refractivity contribution in [2.45, 2.75) is 44.9 Å². The smallest absolute Gasteiger partial charge is 0.118 e. The molecule has 3 rings (SSSR count). The molecule has 0 radical (unpaired) electrons. The normalized spacial score (nSPS) is 31.3. The van der Waals surface area contributed by atoms with Crippen LogP contribution in [-0.4, -0.2) is 10.7 Å². The molecular formula is C21H28NO+. The molecule has 2 heteroatoms. The summed E-state index contributed by atoms with van der Waals surface area (Å²) in [6, 6.07) is 21.8. The number of hydrogen-bond donors (Lipinski definition) is 2. The first-order chi connectivity index (χ1) is 11.0. The van der Waals surface area contributed by atoms with Gasteiger partial charge in [0.15, 0.2) is 0 Å². The SMILES string of the molecule is CC(C)[C@@H]1[C@@H](c2ccccc2)[NH2+][C@H](c2ccccc2)C[C@@]1(C)O. The minimum atomic E-state index is -0.663. The van der Waals surface area contributed by atoms with Crippen molar-refractivity contribution in [1.82, 2.24) is 0 Å². The van der Waals surface area contributed by atoms with Crippen LogP contribution in [0.4, 0.5) is 0 Å². The Morgan fingerprint density at radius 1 is 0.957 bits per heavy atom. The minimum absolute atomic E-state index is 0.241. The molecule has 1 aliphatic heterocycles. The Kier molecular flexibility index (Phi) is 4.56. The highest BCUT2D eigenvalue weighted by Gasteiger charge is 2.49. The van der Waals surface area contributed by atoms with Crippen molar-refractivity contribution in [2.75, 3.05) is 0 Å². The lowest BCUT2D eigenvalue weighted by atomic mass is 9.67. The van der Waals surface area contributed by atoms with Crippen LogP contribution in [0.5, 0.6) is 0 Å². The lowest BCUT2D eigenvalue weighted by Gasteiger charge is -2.46. The number of nitrogens with two attached hydrogens (primary N) is 1. The first-order valence-electron chi connectivity index (χ1n) is 8.66. The summed E-state index contributed by atoms with van der Waals surface area (Å²) < 4.78 is 0. The maximum absolute atomic E-state index is 11.2. The van der Waals surface area contributed by atoms with Crippen LogP contribution in [0.1, 0.15) is 50.4 Å². The van der Waals surface area contributed by atoms with Gasteiger partial charge in [0.2, 0.25) is 0 Å². The quantitative estimate of drug-likeness (QED) is 0.895. The Hall–Kier alpha value is -1.64. The summed E-state index contributed by atoms with van der Waals surface area (Å²) in [5.74, 6) is 0.674. The first kappa shape index (κ1) is 16.2. The van der Waals surface area contributed by atoms with Gasteiger partial charge in [-0.1, -0.05) is 74.5 Å². The Morgan fingerprint density at radius 2 is 1.48 bits per heavy atom. The van der Waals surface area contributed by atoms with E-state index >= 15 is 0 Å². The Balaban J connectivity index is 1.99. The maximum atomic E-state index is 11.2. The summed E-state index contributed by atoms with van der Waals surface area (Å²) in [6.45, 7) is 6.48. The third-order valence-corrected chi connectivity index (χ3v) is 5.31. The zero-order chi connectivity index (χ0) is 16.4. The van der Waals surface area contributed by atoms with E-state index in [0.717, 1.165) is 6.42 Å². The number of aliphatic hydroxyl groups is 1. The predicted octanol–water partition coefficient (Wildman–Crippen LogP) is 3.46. The second-order valence-electron chi connectivity index (χ2n) is 7.48. The van der Waals surface area contributed by atoms with Crippen molar-refractivity contribution in [2.24, 2.45) is 11.8 Å². The molecule has 1 fully saturated rings. The summed E-state index contributed by atoms with van der Waals surface area (Å²) in [5.41, 5.74) is 1.95. The van der Waals surface area contributed by atoms with E-state index in [0.29, 0.717) is 12.0 Å². The number of rotatable bonds is 3. The van der Waals surface area contributed by atoms with Gasteiger partial charge >= 0.3 is 0 Å². The highest BCUT2D eigenvalue weighted by molar-refractivity contribution is 5.22. The van der Waals surface area contributed by atoms with Crippen LogP contribution in [0, 0.1) is 11.8 Å². The third-order valence-electron chi connectivity index (χ3n) is 5.31. The molecule has 0 aliphatic carbocycles. The molecule has 1 heterocycles. The van der Waals surface area contributed by atoms with E-state index in [1.807, 2.05) is 6.92 Å². The van der Waals surface area contributed by atoms with Crippen LogP contribution >= 0.6 is 0 Å². The van der Waals surface area contributed by atoms with Crippen LogP contribution in [-0.2, 0) is 0 Å². The lowest BCUT2D eigenvalue weighted by Crippen LogP contribution is -2.91. The van der Waals surface area contributed by atoms with Gasteiger partial charge in [0.1, 0.15) is 12.1 Å². The fourth-order valence-electron chi connectivity index (χ4n) is 4.46. The zero-order valence-corrected chi connectivity index (χ0v) is 14.3. The number of benzene rings is 2. The summed E-state index contributed by atoms with van der Waals surface area (Å²) in [7, 11) is 0. The number of hydrogen-bond acceptors (Lipinski definition) is 1. The fraction of sp³-hybridized carbons (Fsp3) is 0.429. The van der Waals surface area contributed by atoms with Gasteiger partial charge in [-0.05, 0) is 12.8 Å². The molecule has 1 saturated heterocycles. The van der Waals surface area contributed by atoms with E-state index in [1.54, 1.807) is 0 Å². The molecule has 0 saturated carbocycles. The van der Waals surface area contributed by atoms with Crippen LogP contribution in [0.15, 0.2) is 60.7 Å². The van der Waals surface area contributed by atoms with E-state index in [9.17, 15) is 5.11 Å². The molecule has 0 bridgehead atoms. The fourth-order valence-corrected chi connectivity index (χ4v) is 4.46. The van der Waals surface area contributed by atoms with Crippen molar-refractivity contribution in [3.8, 4) is 0 Å². The summed E-state index contributed by atoms with van der Waals surface area (Å²) in [5, 5.41) is 13.7. The van der Waals surface area contributed by atoms with Crippen molar-refractivity contribution in [1.29, 1.82) is 0 Å². The van der Waals surface area contributed by atoms with Crippen LogP contribution in [0.3, 0.4) is 0 Å². The molecule has 0 amide bonds. The van der Waals surface area contributed by atoms with Crippen molar-refractivity contribution >= 4 is 0 Å². The Bertz CT molecular complexity index is 621. The zero-order valence-electron chi connectivity index (χ0n) is 14.3. The van der Waals surface area contributed by atoms with Gasteiger partial charge in [-0.3, -0.25) is 0 Å². The third kappa shape index (κ3) is 3.34. The second kappa shape index (κ2) is 6.46. The van der Waals surface area contributed by atoms with Gasteiger partial charge in [0.25, 0.3) is 0 Å². The molecular weight excluding hydrogens is 282 g/mol. The number of quaternary nitrogens is 1. The summed E-state index contributed by atoms with van der Waals surface area (Å²) >= 11 is 0. The van der Waals surface area contributed by atoms with Crippen LogP contribution < -0.4 is 5.32 Å². The molecule has 0 spiro atoms. The van der Waals surface area contributed by atoms with Gasteiger partial charge in [-0.25, -0.2) is 0 Å². The molecule has 23 heavy (non-hydrogen) atoms. The first-order valence-corrected chi connectivity index (χ1v) is 8.66. The number of piperidine rings is 1. The molecule has 2 nitrogen and oxygen atoms in total. The Morgan fingerprint density at radius 3 is 2.00 bits per heavy atom. The van der Waals surface area contributed by atoms with Gasteiger partial charge in [0, 0.05) is 23.5 Å². The van der Waals surface area contributed by atoms with E-state index in [1.165, 1.54) is 11.1 Å². The van der Waals surface area contributed by atoms with Crippen LogP contribution in [0.2, 0.25) is 0 Å². The minimum Gasteiger partial charge on any atom is -0.389 e. The van der Waals surface area contributed by atoms with Crippen LogP contribution in [0.25, 0.3) is 0 Å². The Labute approximate surface area is 139 Å². The van der Waals surface area contributed by atoms with E-state index in [2.05, 4.69) is 79.8 Å². The van der Waals surface area contributed by atoms with E-state index in [-0.39, 0.29) is 12.0 Å². The average Bonchev–Trinajstić information content (AvgIpc) is 2.54. The van der Waals surface area contributed by atoms with E-state index in [4.69, 9.17) is 0 Å². The van der Waals surface area contributed by atoms with Gasteiger partial charge in [0.05, 0.1) is 5.60 Å². The predicted molar refractivity (Wildman–Crippen MR) is 93.9 cm³/mol. The molecule has 122 valence electrons. The highest BCUT2D eigenvalue weighted by atomic mass is 16.3. The largest absolute Gasteiger partial charge is 0.389 e. The molecule has 2 aromatic carbocycles. The monoisotopic (exact) mass is 310 g/mol. The van der Waals surface area contributed by atoms with Crippen molar-refractivity contribution < 1.29 is 10.4 Å². The standard InChI is InChI=1S/C21H27NO/c1-15(2)19-20(17-12-8-5-9-13-17)22-18(14-21(19,3)23)16-10-6-4-7-11-16/h4-13,15,18-20,22-23H,14H2,1-3H3/p+1/t18-,19+,20+,21+/m0/s1. The topological polar surface area (TPSA) is 36.8 Å². The molecule has 3 N–H and O–H groups in total. The highest BCUT2D eigenvalue weighted by Crippen LogP contribution is 2.42. The molecule has 0 aromatic heterocycles. The molecule has 0 unspecified atom stereocenters.